The van der Waals surface area contributed by atoms with Crippen molar-refractivity contribution in [3.8, 4) is 0 Å². The van der Waals surface area contributed by atoms with Gasteiger partial charge in [0.15, 0.2) is 0 Å². The Morgan fingerprint density at radius 3 is 2.85 bits per heavy atom. The van der Waals surface area contributed by atoms with Crippen molar-refractivity contribution in [1.82, 2.24) is 10.3 Å². The van der Waals surface area contributed by atoms with Crippen molar-refractivity contribution in [2.24, 2.45) is 5.41 Å². The van der Waals surface area contributed by atoms with Crippen LogP contribution >= 0.6 is 11.6 Å². The van der Waals surface area contributed by atoms with Crippen molar-refractivity contribution >= 4 is 28.4 Å². The number of H-pyrrole nitrogens is 1. The minimum atomic E-state index is -0.156. The van der Waals surface area contributed by atoms with Gasteiger partial charge in [-0.25, -0.2) is 0 Å². The minimum absolute atomic E-state index is 0.112. The van der Waals surface area contributed by atoms with Crippen LogP contribution in [0.4, 0.5) is 0 Å². The molecule has 3 N–H and O–H groups in total. The molecule has 20 heavy (non-hydrogen) atoms. The predicted octanol–water partition coefficient (Wildman–Crippen LogP) is 2.71. The van der Waals surface area contributed by atoms with Gasteiger partial charge >= 0.3 is 0 Å². The molecule has 1 aliphatic carbocycles. The van der Waals surface area contributed by atoms with Crippen LogP contribution in [0.5, 0.6) is 0 Å². The third-order valence-corrected chi connectivity index (χ3v) is 4.56. The van der Waals surface area contributed by atoms with E-state index in [4.69, 9.17) is 11.6 Å². The Morgan fingerprint density at radius 1 is 1.45 bits per heavy atom. The van der Waals surface area contributed by atoms with Gasteiger partial charge in [-0.05, 0) is 31.0 Å². The Hall–Kier alpha value is -1.52. The lowest BCUT2D eigenvalue weighted by Gasteiger charge is -2.40. The van der Waals surface area contributed by atoms with Crippen molar-refractivity contribution < 1.29 is 9.90 Å². The molecule has 1 aromatic heterocycles. The molecule has 4 nitrogen and oxygen atoms in total. The average Bonchev–Trinajstić information content (AvgIpc) is 2.83. The number of aliphatic hydroxyl groups excluding tert-OH is 1. The van der Waals surface area contributed by atoms with Gasteiger partial charge in [-0.15, -0.1) is 0 Å². The van der Waals surface area contributed by atoms with Gasteiger partial charge in [0.1, 0.15) is 5.69 Å². The summed E-state index contributed by atoms with van der Waals surface area (Å²) in [4.78, 5) is 15.2. The molecule has 2 aromatic rings. The van der Waals surface area contributed by atoms with Gasteiger partial charge in [0.05, 0.1) is 6.61 Å². The summed E-state index contributed by atoms with van der Waals surface area (Å²) in [6.07, 6.45) is 3.07. The molecule has 0 aliphatic heterocycles. The second-order valence-corrected chi connectivity index (χ2v) is 5.99. The molecule has 0 bridgehead atoms. The van der Waals surface area contributed by atoms with Gasteiger partial charge in [0, 0.05) is 27.9 Å². The van der Waals surface area contributed by atoms with E-state index in [1.54, 1.807) is 12.1 Å². The van der Waals surface area contributed by atoms with Crippen molar-refractivity contribution in [3.05, 3.63) is 35.0 Å². The number of aromatic amines is 1. The van der Waals surface area contributed by atoms with Crippen molar-refractivity contribution in [2.45, 2.75) is 19.3 Å². The molecule has 106 valence electrons. The van der Waals surface area contributed by atoms with Gasteiger partial charge in [-0.3, -0.25) is 4.79 Å². The molecule has 0 spiro atoms. The summed E-state index contributed by atoms with van der Waals surface area (Å²) >= 11 is 6.09. The largest absolute Gasteiger partial charge is 0.396 e. The van der Waals surface area contributed by atoms with Gasteiger partial charge in [-0.1, -0.05) is 24.1 Å². The number of benzene rings is 1. The third kappa shape index (κ3) is 2.30. The summed E-state index contributed by atoms with van der Waals surface area (Å²) in [7, 11) is 0. The second kappa shape index (κ2) is 5.11. The van der Waals surface area contributed by atoms with Gasteiger partial charge in [0.25, 0.3) is 5.91 Å². The van der Waals surface area contributed by atoms with E-state index in [1.807, 2.05) is 12.1 Å². The van der Waals surface area contributed by atoms with Crippen LogP contribution in [0.3, 0.4) is 0 Å². The van der Waals surface area contributed by atoms with Crippen LogP contribution in [-0.4, -0.2) is 29.1 Å². The molecule has 0 saturated heterocycles. The maximum Gasteiger partial charge on any atom is 0.267 e. The van der Waals surface area contributed by atoms with Crippen LogP contribution in [0.15, 0.2) is 24.3 Å². The average molecular weight is 293 g/mol. The zero-order valence-corrected chi connectivity index (χ0v) is 11.8. The lowest BCUT2D eigenvalue weighted by atomic mass is 9.69. The molecule has 1 fully saturated rings. The van der Waals surface area contributed by atoms with Crippen LogP contribution < -0.4 is 5.32 Å². The molecule has 0 unspecified atom stereocenters. The number of fused-ring (bicyclic) bond motifs is 1. The minimum Gasteiger partial charge on any atom is -0.396 e. The van der Waals surface area contributed by atoms with E-state index in [2.05, 4.69) is 10.3 Å². The zero-order valence-electron chi connectivity index (χ0n) is 11.1. The van der Waals surface area contributed by atoms with Crippen LogP contribution in [-0.2, 0) is 0 Å². The fourth-order valence-corrected chi connectivity index (χ4v) is 2.90. The number of hydrogen-bond acceptors (Lipinski definition) is 2. The molecule has 5 heteroatoms. The summed E-state index contributed by atoms with van der Waals surface area (Å²) in [6, 6.07) is 7.30. The topological polar surface area (TPSA) is 65.1 Å². The first-order valence-electron chi connectivity index (χ1n) is 6.80. The number of carbonyl (C=O) groups is 1. The maximum atomic E-state index is 12.2. The van der Waals surface area contributed by atoms with E-state index < -0.39 is 0 Å². The Morgan fingerprint density at radius 2 is 2.25 bits per heavy atom. The van der Waals surface area contributed by atoms with Crippen LogP contribution in [0.2, 0.25) is 5.02 Å². The highest BCUT2D eigenvalue weighted by molar-refractivity contribution is 6.35. The van der Waals surface area contributed by atoms with E-state index in [1.165, 1.54) is 0 Å². The number of carbonyl (C=O) groups excluding carboxylic acids is 1. The smallest absolute Gasteiger partial charge is 0.267 e. The fraction of sp³-hybridized carbons (Fsp3) is 0.400. The van der Waals surface area contributed by atoms with Crippen LogP contribution in [0, 0.1) is 5.41 Å². The Bertz CT molecular complexity index is 641. The zero-order chi connectivity index (χ0) is 14.2. The summed E-state index contributed by atoms with van der Waals surface area (Å²) in [5.41, 5.74) is 1.24. The number of hydrogen-bond donors (Lipinski definition) is 3. The summed E-state index contributed by atoms with van der Waals surface area (Å²) in [5, 5.41) is 13.8. The Kier molecular flexibility index (Phi) is 3.44. The highest BCUT2D eigenvalue weighted by Gasteiger charge is 2.36. The Balaban J connectivity index is 1.74. The molecule has 1 amide bonds. The second-order valence-electron chi connectivity index (χ2n) is 5.58. The lowest BCUT2D eigenvalue weighted by Crippen LogP contribution is -2.44. The molecule has 0 radical (unpaired) electrons. The highest BCUT2D eigenvalue weighted by Crippen LogP contribution is 2.39. The fourth-order valence-electron chi connectivity index (χ4n) is 2.67. The molecular formula is C15H17ClN2O2. The summed E-state index contributed by atoms with van der Waals surface area (Å²) < 4.78 is 0. The van der Waals surface area contributed by atoms with Crippen molar-refractivity contribution in [1.29, 1.82) is 0 Å². The van der Waals surface area contributed by atoms with Gasteiger partial charge in [0.2, 0.25) is 0 Å². The maximum absolute atomic E-state index is 12.2. The molecule has 1 aromatic carbocycles. The van der Waals surface area contributed by atoms with Crippen molar-refractivity contribution in [2.75, 3.05) is 13.2 Å². The van der Waals surface area contributed by atoms with Crippen LogP contribution in [0.25, 0.3) is 10.9 Å². The number of nitrogens with one attached hydrogen (secondary N) is 2. The molecular weight excluding hydrogens is 276 g/mol. The van der Waals surface area contributed by atoms with Gasteiger partial charge < -0.3 is 15.4 Å². The Labute approximate surface area is 122 Å². The quantitative estimate of drug-likeness (QED) is 0.811. The number of aromatic nitrogens is 1. The SMILES string of the molecule is O=C(NCC1(CO)CCC1)c1cc2c(Cl)cccc2[nH]1. The summed E-state index contributed by atoms with van der Waals surface area (Å²) in [6.45, 7) is 0.650. The molecule has 1 heterocycles. The number of amides is 1. The van der Waals surface area contributed by atoms with Gasteiger partial charge in [-0.2, -0.15) is 0 Å². The predicted molar refractivity (Wildman–Crippen MR) is 79.0 cm³/mol. The van der Waals surface area contributed by atoms with E-state index in [0.29, 0.717) is 17.3 Å². The summed E-state index contributed by atoms with van der Waals surface area (Å²) in [5.74, 6) is -0.156. The normalized spacial score (nSPS) is 16.9. The first-order valence-corrected chi connectivity index (χ1v) is 7.18. The monoisotopic (exact) mass is 292 g/mol. The highest BCUT2D eigenvalue weighted by atomic mass is 35.5. The molecule has 1 saturated carbocycles. The number of rotatable bonds is 4. The molecule has 1 aliphatic rings. The first kappa shape index (κ1) is 13.5. The van der Waals surface area contributed by atoms with E-state index in [9.17, 15) is 9.90 Å². The standard InChI is InChI=1S/C15H17ClN2O2/c16-11-3-1-4-12-10(11)7-13(18-12)14(20)17-8-15(9-19)5-2-6-15/h1,3-4,7,18-19H,2,5-6,8-9H2,(H,17,20). The molecule has 0 atom stereocenters. The van der Waals surface area contributed by atoms with Crippen LogP contribution in [0.1, 0.15) is 29.8 Å². The molecule has 3 rings (SSSR count). The van der Waals surface area contributed by atoms with E-state index >= 15 is 0 Å². The number of halogens is 1. The first-order chi connectivity index (χ1) is 9.63. The lowest BCUT2D eigenvalue weighted by molar-refractivity contribution is 0.0428. The van der Waals surface area contributed by atoms with E-state index in [-0.39, 0.29) is 17.9 Å². The third-order valence-electron chi connectivity index (χ3n) is 4.23. The van der Waals surface area contributed by atoms with Crippen molar-refractivity contribution in [3.63, 3.8) is 0 Å². The number of aliphatic hydroxyl groups is 1. The van der Waals surface area contributed by atoms with E-state index in [0.717, 1.165) is 30.2 Å².